The highest BCUT2D eigenvalue weighted by Gasteiger charge is 2.50. The van der Waals surface area contributed by atoms with E-state index >= 15 is 0 Å². The van der Waals surface area contributed by atoms with E-state index in [1.807, 2.05) is 25.1 Å². The first kappa shape index (κ1) is 20.2. The number of hydrogen-bond acceptors (Lipinski definition) is 4. The van der Waals surface area contributed by atoms with Gasteiger partial charge in [-0.1, -0.05) is 36.7 Å². The zero-order valence-corrected chi connectivity index (χ0v) is 17.0. The monoisotopic (exact) mass is 401 g/mol. The second-order valence-corrected chi connectivity index (χ2v) is 7.21. The third kappa shape index (κ3) is 3.45. The number of benzene rings is 2. The molecule has 28 heavy (non-hydrogen) atoms. The van der Waals surface area contributed by atoms with Crippen molar-refractivity contribution < 1.29 is 14.3 Å². The van der Waals surface area contributed by atoms with Crippen LogP contribution in [0.3, 0.4) is 0 Å². The highest BCUT2D eigenvalue weighted by molar-refractivity contribution is 6.31. The van der Waals surface area contributed by atoms with Gasteiger partial charge < -0.3 is 15.0 Å². The predicted molar refractivity (Wildman–Crippen MR) is 110 cm³/mol. The fraction of sp³-hybridized carbons (Fsp3) is 0.333. The molecule has 0 aliphatic carbocycles. The molecule has 1 aliphatic rings. The number of halogens is 1. The Morgan fingerprint density at radius 1 is 1.25 bits per heavy atom. The fourth-order valence-corrected chi connectivity index (χ4v) is 3.67. The lowest BCUT2D eigenvalue weighted by atomic mass is 9.83. The van der Waals surface area contributed by atoms with E-state index in [-0.39, 0.29) is 18.5 Å². The van der Waals surface area contributed by atoms with Crippen molar-refractivity contribution in [3.8, 4) is 5.75 Å². The summed E-state index contributed by atoms with van der Waals surface area (Å²) in [5, 5.41) is 6.76. The minimum atomic E-state index is -1.23. The number of hydrogen-bond donors (Lipinski definition) is 2. The van der Waals surface area contributed by atoms with Gasteiger partial charge in [0.25, 0.3) is 5.91 Å². The Labute approximate surface area is 169 Å². The molecule has 2 aromatic rings. The molecule has 1 atom stereocenters. The van der Waals surface area contributed by atoms with Crippen molar-refractivity contribution in [2.45, 2.75) is 25.3 Å². The zero-order valence-electron chi connectivity index (χ0n) is 16.2. The summed E-state index contributed by atoms with van der Waals surface area (Å²) in [6.45, 7) is 2.15. The quantitative estimate of drug-likeness (QED) is 0.698. The Hall–Kier alpha value is -2.57. The van der Waals surface area contributed by atoms with E-state index in [0.29, 0.717) is 34.0 Å². The van der Waals surface area contributed by atoms with Gasteiger partial charge in [-0.2, -0.15) is 0 Å². The highest BCUT2D eigenvalue weighted by atomic mass is 35.5. The molecule has 0 fully saturated rings. The molecular weight excluding hydrogens is 378 g/mol. The van der Waals surface area contributed by atoms with Gasteiger partial charge in [-0.3, -0.25) is 14.9 Å². The van der Waals surface area contributed by atoms with E-state index in [1.54, 1.807) is 43.3 Å². The van der Waals surface area contributed by atoms with Gasteiger partial charge in [0.15, 0.2) is 5.54 Å². The third-order valence-electron chi connectivity index (χ3n) is 4.96. The standard InChI is InChI=1S/C21H24ClN3O3/c1-4-7-19(26)25(2)13-23-21(15-8-5-6-9-18(15)28-3)16-12-14(22)10-11-17(16)24-20(21)27/h5-6,8-12,23H,4,7,13H2,1-3H3,(H,24,27)/t21-/m1/s1. The van der Waals surface area contributed by atoms with Crippen LogP contribution >= 0.6 is 11.6 Å². The number of amides is 2. The molecule has 0 aromatic heterocycles. The molecule has 3 rings (SSSR count). The maximum atomic E-state index is 13.3. The zero-order chi connectivity index (χ0) is 20.3. The Morgan fingerprint density at radius 3 is 2.71 bits per heavy atom. The van der Waals surface area contributed by atoms with Crippen LogP contribution in [-0.4, -0.2) is 37.5 Å². The number of carbonyl (C=O) groups is 2. The summed E-state index contributed by atoms with van der Waals surface area (Å²) < 4.78 is 5.54. The van der Waals surface area contributed by atoms with Crippen LogP contribution < -0.4 is 15.4 Å². The molecule has 0 saturated heterocycles. The second-order valence-electron chi connectivity index (χ2n) is 6.77. The van der Waals surface area contributed by atoms with Gasteiger partial charge in [0.2, 0.25) is 5.91 Å². The average molecular weight is 402 g/mol. The summed E-state index contributed by atoms with van der Waals surface area (Å²) >= 11 is 6.25. The summed E-state index contributed by atoms with van der Waals surface area (Å²) in [5.41, 5.74) is 0.807. The Kier molecular flexibility index (Phi) is 5.91. The van der Waals surface area contributed by atoms with Gasteiger partial charge in [-0.25, -0.2) is 0 Å². The number of nitrogens with zero attached hydrogens (tertiary/aromatic N) is 1. The first-order chi connectivity index (χ1) is 13.4. The summed E-state index contributed by atoms with van der Waals surface area (Å²) in [7, 11) is 3.28. The van der Waals surface area contributed by atoms with Crippen molar-refractivity contribution in [2.24, 2.45) is 0 Å². The van der Waals surface area contributed by atoms with Crippen molar-refractivity contribution in [1.82, 2.24) is 10.2 Å². The fourth-order valence-electron chi connectivity index (χ4n) is 3.50. The number of para-hydroxylation sites is 1. The third-order valence-corrected chi connectivity index (χ3v) is 5.19. The van der Waals surface area contributed by atoms with Crippen LogP contribution in [-0.2, 0) is 15.1 Å². The molecule has 148 valence electrons. The smallest absolute Gasteiger partial charge is 0.254 e. The van der Waals surface area contributed by atoms with Crippen LogP contribution in [0.5, 0.6) is 5.75 Å². The maximum Gasteiger partial charge on any atom is 0.254 e. The predicted octanol–water partition coefficient (Wildman–Crippen LogP) is 3.35. The largest absolute Gasteiger partial charge is 0.496 e. The van der Waals surface area contributed by atoms with Crippen molar-refractivity contribution in [3.63, 3.8) is 0 Å². The molecule has 0 saturated carbocycles. The molecule has 0 radical (unpaired) electrons. The van der Waals surface area contributed by atoms with Gasteiger partial charge in [0.05, 0.1) is 13.8 Å². The average Bonchev–Trinajstić information content (AvgIpc) is 2.97. The minimum absolute atomic E-state index is 0.00917. The molecule has 2 aromatic carbocycles. The number of fused-ring (bicyclic) bond motifs is 1. The van der Waals surface area contributed by atoms with Crippen LogP contribution in [0.25, 0.3) is 0 Å². The van der Waals surface area contributed by atoms with E-state index in [9.17, 15) is 9.59 Å². The summed E-state index contributed by atoms with van der Waals surface area (Å²) in [6.07, 6.45) is 1.22. The molecule has 1 aliphatic heterocycles. The maximum absolute atomic E-state index is 13.3. The molecule has 2 N–H and O–H groups in total. The SMILES string of the molecule is CCCC(=O)N(C)CN[C@@]1(c2ccccc2OC)C(=O)Nc2ccc(Cl)cc21. The van der Waals surface area contributed by atoms with Crippen molar-refractivity contribution in [2.75, 3.05) is 26.1 Å². The topological polar surface area (TPSA) is 70.7 Å². The summed E-state index contributed by atoms with van der Waals surface area (Å²) in [4.78, 5) is 27.1. The second kappa shape index (κ2) is 8.20. The normalized spacial score (nSPS) is 17.8. The van der Waals surface area contributed by atoms with Crippen LogP contribution in [0.1, 0.15) is 30.9 Å². The Balaban J connectivity index is 2.10. The molecule has 1 heterocycles. The minimum Gasteiger partial charge on any atom is -0.496 e. The van der Waals surface area contributed by atoms with E-state index in [2.05, 4.69) is 10.6 Å². The van der Waals surface area contributed by atoms with Crippen LogP contribution in [0.4, 0.5) is 5.69 Å². The van der Waals surface area contributed by atoms with E-state index < -0.39 is 5.54 Å². The van der Waals surface area contributed by atoms with Crippen LogP contribution in [0.15, 0.2) is 42.5 Å². The van der Waals surface area contributed by atoms with Gasteiger partial charge in [-0.15, -0.1) is 0 Å². The molecule has 7 heteroatoms. The van der Waals surface area contributed by atoms with Gasteiger partial charge in [0.1, 0.15) is 5.75 Å². The van der Waals surface area contributed by atoms with E-state index in [1.165, 1.54) is 0 Å². The lowest BCUT2D eigenvalue weighted by Crippen LogP contribution is -2.53. The lowest BCUT2D eigenvalue weighted by molar-refractivity contribution is -0.131. The van der Waals surface area contributed by atoms with Gasteiger partial charge in [0, 0.05) is 35.3 Å². The number of ether oxygens (including phenoxy) is 1. The number of anilines is 1. The van der Waals surface area contributed by atoms with Crippen LogP contribution in [0.2, 0.25) is 5.02 Å². The molecular formula is C21H24ClN3O3. The van der Waals surface area contributed by atoms with Gasteiger partial charge in [-0.05, 0) is 30.7 Å². The molecule has 0 unspecified atom stereocenters. The van der Waals surface area contributed by atoms with Crippen LogP contribution in [0, 0.1) is 0 Å². The van der Waals surface area contributed by atoms with Crippen molar-refractivity contribution in [3.05, 3.63) is 58.6 Å². The molecule has 2 amide bonds. The number of rotatable bonds is 7. The number of nitrogens with one attached hydrogen (secondary N) is 2. The lowest BCUT2D eigenvalue weighted by Gasteiger charge is -2.33. The van der Waals surface area contributed by atoms with E-state index in [4.69, 9.17) is 16.3 Å². The highest BCUT2D eigenvalue weighted by Crippen LogP contribution is 2.45. The van der Waals surface area contributed by atoms with Gasteiger partial charge >= 0.3 is 0 Å². The summed E-state index contributed by atoms with van der Waals surface area (Å²) in [5.74, 6) is 0.334. The van der Waals surface area contributed by atoms with E-state index in [0.717, 1.165) is 6.42 Å². The first-order valence-electron chi connectivity index (χ1n) is 9.18. The number of methoxy groups -OCH3 is 1. The molecule has 6 nitrogen and oxygen atoms in total. The number of carbonyl (C=O) groups excluding carboxylic acids is 2. The first-order valence-corrected chi connectivity index (χ1v) is 9.55. The Morgan fingerprint density at radius 2 is 2.00 bits per heavy atom. The summed E-state index contributed by atoms with van der Waals surface area (Å²) in [6, 6.07) is 12.6. The Bertz CT molecular complexity index is 902. The molecule has 0 bridgehead atoms. The van der Waals surface area contributed by atoms with Crippen molar-refractivity contribution >= 4 is 29.1 Å². The molecule has 0 spiro atoms. The van der Waals surface area contributed by atoms with Crippen molar-refractivity contribution in [1.29, 1.82) is 0 Å².